The van der Waals surface area contributed by atoms with E-state index in [1.807, 2.05) is 0 Å². The van der Waals surface area contributed by atoms with Crippen LogP contribution in [-0.4, -0.2) is 49.2 Å². The second kappa shape index (κ2) is 7.95. The maximum atomic E-state index is 12.5. The van der Waals surface area contributed by atoms with Gasteiger partial charge in [0.05, 0.1) is 39.3 Å². The lowest BCUT2D eigenvalue weighted by atomic mass is 10.1. The average molecular weight is 396 g/mol. The second-order valence-corrected chi connectivity index (χ2v) is 6.29. The third-order valence-electron chi connectivity index (χ3n) is 4.36. The molecule has 2 heterocycles. The van der Waals surface area contributed by atoms with Crippen molar-refractivity contribution in [2.24, 2.45) is 0 Å². The van der Waals surface area contributed by atoms with Gasteiger partial charge in [0.15, 0.2) is 11.5 Å². The Bertz CT molecular complexity index is 834. The first-order valence-electron chi connectivity index (χ1n) is 8.48. The number of hydrogen-bond acceptors (Lipinski definition) is 5. The zero-order valence-corrected chi connectivity index (χ0v) is 15.3. The summed E-state index contributed by atoms with van der Waals surface area (Å²) in [5, 5.41) is 0. The van der Waals surface area contributed by atoms with E-state index in [4.69, 9.17) is 14.2 Å². The molecule has 0 atom stereocenters. The molecule has 1 fully saturated rings. The van der Waals surface area contributed by atoms with Crippen LogP contribution in [-0.2, 0) is 17.4 Å². The number of nitrogens with zero attached hydrogens (tertiary/aromatic N) is 2. The standard InChI is InChI=1S/C19H19F3N2O4/c1-26-15-5-3-12(7-16(15)27-2)8-18(25)24-10-14(11-24)28-17-6-4-13(9-23-17)19(20,21)22/h3-7,9,14H,8,10-11H2,1-2H3. The van der Waals surface area contributed by atoms with Crippen molar-refractivity contribution < 1.29 is 32.2 Å². The van der Waals surface area contributed by atoms with Crippen molar-refractivity contribution in [1.82, 2.24) is 9.88 Å². The molecule has 0 aliphatic carbocycles. The molecule has 0 unspecified atom stereocenters. The Kier molecular flexibility index (Phi) is 5.62. The summed E-state index contributed by atoms with van der Waals surface area (Å²) in [6.45, 7) is 0.712. The molecule has 0 N–H and O–H groups in total. The highest BCUT2D eigenvalue weighted by Gasteiger charge is 2.33. The van der Waals surface area contributed by atoms with Gasteiger partial charge in [0.25, 0.3) is 0 Å². The van der Waals surface area contributed by atoms with Crippen LogP contribution >= 0.6 is 0 Å². The van der Waals surface area contributed by atoms with Crippen LogP contribution < -0.4 is 14.2 Å². The van der Waals surface area contributed by atoms with Crippen molar-refractivity contribution in [2.45, 2.75) is 18.7 Å². The van der Waals surface area contributed by atoms with Crippen molar-refractivity contribution in [3.8, 4) is 17.4 Å². The molecule has 0 spiro atoms. The highest BCUT2D eigenvalue weighted by atomic mass is 19.4. The highest BCUT2D eigenvalue weighted by molar-refractivity contribution is 5.80. The maximum Gasteiger partial charge on any atom is 0.417 e. The molecule has 1 aromatic carbocycles. The molecule has 1 aliphatic heterocycles. The summed E-state index contributed by atoms with van der Waals surface area (Å²) in [5.74, 6) is 1.16. The molecule has 28 heavy (non-hydrogen) atoms. The van der Waals surface area contributed by atoms with E-state index < -0.39 is 11.7 Å². The van der Waals surface area contributed by atoms with Gasteiger partial charge in [-0.15, -0.1) is 0 Å². The molecular formula is C19H19F3N2O4. The normalized spacial score (nSPS) is 14.4. The number of methoxy groups -OCH3 is 2. The predicted octanol–water partition coefficient (Wildman–Crippen LogP) is 2.95. The molecule has 0 radical (unpaired) electrons. The van der Waals surface area contributed by atoms with Crippen LogP contribution in [0.25, 0.3) is 0 Å². The predicted molar refractivity (Wildman–Crippen MR) is 93.5 cm³/mol. The first kappa shape index (κ1) is 19.8. The summed E-state index contributed by atoms with van der Waals surface area (Å²) in [6.07, 6.45) is -3.80. The van der Waals surface area contributed by atoms with Crippen LogP contribution in [0.1, 0.15) is 11.1 Å². The van der Waals surface area contributed by atoms with Crippen LogP contribution in [0.2, 0.25) is 0 Å². The molecular weight excluding hydrogens is 377 g/mol. The zero-order valence-electron chi connectivity index (χ0n) is 15.3. The molecule has 3 rings (SSSR count). The van der Waals surface area contributed by atoms with Gasteiger partial charge in [-0.1, -0.05) is 6.07 Å². The van der Waals surface area contributed by atoms with E-state index in [0.717, 1.165) is 17.8 Å². The first-order valence-corrected chi connectivity index (χ1v) is 8.48. The van der Waals surface area contributed by atoms with Gasteiger partial charge >= 0.3 is 6.18 Å². The minimum absolute atomic E-state index is 0.0764. The summed E-state index contributed by atoms with van der Waals surface area (Å²) in [5.41, 5.74) is -0.0448. The molecule has 0 bridgehead atoms. The van der Waals surface area contributed by atoms with Crippen LogP contribution in [0.15, 0.2) is 36.5 Å². The third kappa shape index (κ3) is 4.47. The van der Waals surface area contributed by atoms with Gasteiger partial charge in [-0.3, -0.25) is 4.79 Å². The minimum atomic E-state index is -4.44. The molecule has 1 aromatic heterocycles. The van der Waals surface area contributed by atoms with E-state index in [0.29, 0.717) is 24.6 Å². The third-order valence-corrected chi connectivity index (χ3v) is 4.36. The number of hydrogen-bond donors (Lipinski definition) is 0. The Balaban J connectivity index is 1.50. The number of aromatic nitrogens is 1. The number of likely N-dealkylation sites (tertiary alicyclic amines) is 1. The van der Waals surface area contributed by atoms with Gasteiger partial charge in [-0.2, -0.15) is 13.2 Å². The number of ether oxygens (including phenoxy) is 3. The van der Waals surface area contributed by atoms with Crippen molar-refractivity contribution >= 4 is 5.91 Å². The Morgan fingerprint density at radius 1 is 1.14 bits per heavy atom. The zero-order chi connectivity index (χ0) is 20.3. The van der Waals surface area contributed by atoms with Crippen LogP contribution in [0.4, 0.5) is 13.2 Å². The summed E-state index contributed by atoms with van der Waals surface area (Å²) in [7, 11) is 3.06. The van der Waals surface area contributed by atoms with E-state index in [2.05, 4.69) is 4.98 Å². The fourth-order valence-electron chi connectivity index (χ4n) is 2.78. The maximum absolute atomic E-state index is 12.5. The Morgan fingerprint density at radius 3 is 2.43 bits per heavy atom. The fourth-order valence-corrected chi connectivity index (χ4v) is 2.78. The van der Waals surface area contributed by atoms with Gasteiger partial charge < -0.3 is 19.1 Å². The monoisotopic (exact) mass is 396 g/mol. The smallest absolute Gasteiger partial charge is 0.417 e. The quantitative estimate of drug-likeness (QED) is 0.752. The number of pyridine rings is 1. The number of carbonyl (C=O) groups is 1. The Labute approximate surface area is 159 Å². The fraction of sp³-hybridized carbons (Fsp3) is 0.368. The molecule has 1 aliphatic rings. The van der Waals surface area contributed by atoms with E-state index in [1.165, 1.54) is 20.3 Å². The van der Waals surface area contributed by atoms with Crippen molar-refractivity contribution in [3.05, 3.63) is 47.7 Å². The molecule has 0 saturated carbocycles. The summed E-state index contributed by atoms with van der Waals surface area (Å²) in [6, 6.07) is 7.37. The number of benzene rings is 1. The van der Waals surface area contributed by atoms with Gasteiger partial charge in [-0.25, -0.2) is 4.98 Å². The second-order valence-electron chi connectivity index (χ2n) is 6.29. The van der Waals surface area contributed by atoms with Gasteiger partial charge in [-0.05, 0) is 23.8 Å². The molecule has 9 heteroatoms. The molecule has 150 valence electrons. The van der Waals surface area contributed by atoms with E-state index in [1.54, 1.807) is 23.1 Å². The van der Waals surface area contributed by atoms with Gasteiger partial charge in [0.2, 0.25) is 11.8 Å². The molecule has 6 nitrogen and oxygen atoms in total. The Morgan fingerprint density at radius 2 is 1.86 bits per heavy atom. The molecule has 1 saturated heterocycles. The number of carbonyl (C=O) groups excluding carboxylic acids is 1. The van der Waals surface area contributed by atoms with E-state index in [9.17, 15) is 18.0 Å². The summed E-state index contributed by atoms with van der Waals surface area (Å²) >= 11 is 0. The van der Waals surface area contributed by atoms with E-state index in [-0.39, 0.29) is 24.3 Å². The van der Waals surface area contributed by atoms with Crippen molar-refractivity contribution in [3.63, 3.8) is 0 Å². The number of halogens is 3. The van der Waals surface area contributed by atoms with Crippen molar-refractivity contribution in [2.75, 3.05) is 27.3 Å². The van der Waals surface area contributed by atoms with Gasteiger partial charge in [0, 0.05) is 12.3 Å². The molecule has 2 aromatic rings. The minimum Gasteiger partial charge on any atom is -0.493 e. The van der Waals surface area contributed by atoms with Crippen LogP contribution in [0, 0.1) is 0 Å². The first-order chi connectivity index (χ1) is 13.3. The molecule has 1 amide bonds. The highest BCUT2D eigenvalue weighted by Crippen LogP contribution is 2.30. The van der Waals surface area contributed by atoms with Crippen molar-refractivity contribution in [1.29, 1.82) is 0 Å². The number of amides is 1. The number of rotatable bonds is 6. The van der Waals surface area contributed by atoms with Crippen LogP contribution in [0.3, 0.4) is 0 Å². The average Bonchev–Trinajstić information content (AvgIpc) is 2.63. The lowest BCUT2D eigenvalue weighted by Gasteiger charge is -2.38. The lowest BCUT2D eigenvalue weighted by Crippen LogP contribution is -2.56. The Hall–Kier alpha value is -2.97. The number of alkyl halides is 3. The largest absolute Gasteiger partial charge is 0.493 e. The topological polar surface area (TPSA) is 60.9 Å². The van der Waals surface area contributed by atoms with Crippen LogP contribution in [0.5, 0.6) is 17.4 Å². The van der Waals surface area contributed by atoms with E-state index >= 15 is 0 Å². The summed E-state index contributed by atoms with van der Waals surface area (Å²) < 4.78 is 53.5. The van der Waals surface area contributed by atoms with Gasteiger partial charge in [0.1, 0.15) is 6.10 Å². The lowest BCUT2D eigenvalue weighted by molar-refractivity contribution is -0.140. The summed E-state index contributed by atoms with van der Waals surface area (Å²) in [4.78, 5) is 17.6. The SMILES string of the molecule is COc1ccc(CC(=O)N2CC(Oc3ccc(C(F)(F)F)cn3)C2)cc1OC.